The second-order valence-corrected chi connectivity index (χ2v) is 6.51. The van der Waals surface area contributed by atoms with E-state index in [4.69, 9.17) is 0 Å². The summed E-state index contributed by atoms with van der Waals surface area (Å²) in [4.78, 5) is 0. The molecule has 1 aliphatic rings. The van der Waals surface area contributed by atoms with Crippen LogP contribution in [0.25, 0.3) is 16.4 Å². The maximum absolute atomic E-state index is 4.60. The third-order valence-corrected chi connectivity index (χ3v) is 5.20. The lowest BCUT2D eigenvalue weighted by molar-refractivity contribution is 0.515. The molecule has 1 aliphatic carbocycles. The summed E-state index contributed by atoms with van der Waals surface area (Å²) in [5.74, 6) is 0. The monoisotopic (exact) mass is 285 g/mol. The molecule has 1 fully saturated rings. The van der Waals surface area contributed by atoms with Crippen LogP contribution in [-0.2, 0) is 0 Å². The van der Waals surface area contributed by atoms with E-state index in [2.05, 4.69) is 38.8 Å². The quantitative estimate of drug-likeness (QED) is 0.724. The van der Waals surface area contributed by atoms with Gasteiger partial charge in [-0.3, -0.25) is 0 Å². The Hall–Kier alpha value is -1.69. The average Bonchev–Trinajstić information content (AvgIpc) is 2.97. The minimum absolute atomic E-state index is 0.675. The van der Waals surface area contributed by atoms with Crippen molar-refractivity contribution in [2.75, 3.05) is 0 Å². The molecule has 0 atom stereocenters. The Morgan fingerprint density at radius 3 is 2.70 bits per heavy atom. The molecule has 4 rings (SSSR count). The molecule has 1 aromatic carbocycles. The molecule has 102 valence electrons. The van der Waals surface area contributed by atoms with Crippen molar-refractivity contribution in [3.63, 3.8) is 0 Å². The molecule has 2 aromatic heterocycles. The van der Waals surface area contributed by atoms with E-state index < -0.39 is 0 Å². The Morgan fingerprint density at radius 2 is 1.85 bits per heavy atom. The van der Waals surface area contributed by atoms with Crippen LogP contribution < -0.4 is 0 Å². The van der Waals surface area contributed by atoms with Crippen molar-refractivity contribution in [3.8, 4) is 0 Å². The smallest absolute Gasteiger partial charge is 0.140 e. The fourth-order valence-corrected chi connectivity index (χ4v) is 4.16. The van der Waals surface area contributed by atoms with E-state index in [-0.39, 0.29) is 0 Å². The maximum atomic E-state index is 4.60. The number of tetrazole rings is 1. The van der Waals surface area contributed by atoms with Gasteiger partial charge in [0.1, 0.15) is 5.03 Å². The Kier molecular flexibility index (Phi) is 3.03. The summed E-state index contributed by atoms with van der Waals surface area (Å²) in [5, 5.41) is 20.3. The average molecular weight is 285 g/mol. The molecule has 0 N–H and O–H groups in total. The number of hydrogen-bond acceptors (Lipinski definition) is 5. The molecule has 0 spiro atoms. The van der Waals surface area contributed by atoms with Crippen LogP contribution in [0.3, 0.4) is 0 Å². The summed E-state index contributed by atoms with van der Waals surface area (Å²) in [7, 11) is 0. The van der Waals surface area contributed by atoms with Gasteiger partial charge in [-0.25, -0.2) is 0 Å². The zero-order valence-electron chi connectivity index (χ0n) is 11.1. The first-order chi connectivity index (χ1) is 9.92. The Labute approximate surface area is 120 Å². The highest BCUT2D eigenvalue weighted by Crippen LogP contribution is 2.36. The van der Waals surface area contributed by atoms with Crippen LogP contribution in [0, 0.1) is 0 Å². The second-order valence-electron chi connectivity index (χ2n) is 5.22. The molecular weight excluding hydrogens is 270 g/mol. The summed E-state index contributed by atoms with van der Waals surface area (Å²) in [6.45, 7) is 0. The predicted octanol–water partition coefficient (Wildman–Crippen LogP) is 3.10. The van der Waals surface area contributed by atoms with Gasteiger partial charge in [0.15, 0.2) is 0 Å². The van der Waals surface area contributed by atoms with E-state index in [0.717, 1.165) is 21.4 Å². The SMILES string of the molecule is c1ccc2c(c1)c(SC1CCCCC1)nn1nnnc21. The summed E-state index contributed by atoms with van der Waals surface area (Å²) < 4.78 is 1.55. The van der Waals surface area contributed by atoms with Crippen molar-refractivity contribution in [2.45, 2.75) is 42.4 Å². The lowest BCUT2D eigenvalue weighted by atomic mass is 10.0. The number of aromatic nitrogens is 5. The molecule has 0 aliphatic heterocycles. The molecule has 2 heterocycles. The second kappa shape index (κ2) is 5.01. The number of hydrogen-bond donors (Lipinski definition) is 0. The molecule has 3 aromatic rings. The lowest BCUT2D eigenvalue weighted by Gasteiger charge is -2.20. The van der Waals surface area contributed by atoms with Gasteiger partial charge in [0, 0.05) is 16.0 Å². The summed E-state index contributed by atoms with van der Waals surface area (Å²) in [6.07, 6.45) is 6.62. The first-order valence-corrected chi connectivity index (χ1v) is 7.93. The van der Waals surface area contributed by atoms with E-state index >= 15 is 0 Å². The van der Waals surface area contributed by atoms with Gasteiger partial charge in [-0.15, -0.1) is 26.6 Å². The third-order valence-electron chi connectivity index (χ3n) is 3.87. The van der Waals surface area contributed by atoms with Crippen LogP contribution in [0.4, 0.5) is 0 Å². The van der Waals surface area contributed by atoms with Crippen molar-refractivity contribution in [2.24, 2.45) is 0 Å². The standard InChI is InChI=1S/C14H15N5S/c1-2-6-10(7-3-1)20-14-12-9-5-4-8-11(12)13-15-17-18-19(13)16-14/h4-5,8-10H,1-3,6-7H2. The van der Waals surface area contributed by atoms with Crippen LogP contribution in [0.15, 0.2) is 29.3 Å². The third kappa shape index (κ3) is 2.04. The lowest BCUT2D eigenvalue weighted by Crippen LogP contribution is -2.09. The molecule has 6 heteroatoms. The molecule has 0 bridgehead atoms. The van der Waals surface area contributed by atoms with Gasteiger partial charge in [0.05, 0.1) is 0 Å². The molecule has 0 unspecified atom stereocenters. The molecule has 20 heavy (non-hydrogen) atoms. The van der Waals surface area contributed by atoms with Crippen LogP contribution in [0.2, 0.25) is 0 Å². The fourth-order valence-electron chi connectivity index (χ4n) is 2.84. The largest absolute Gasteiger partial charge is 0.207 e. The highest BCUT2D eigenvalue weighted by molar-refractivity contribution is 8.00. The van der Waals surface area contributed by atoms with E-state index in [9.17, 15) is 0 Å². The fraction of sp³-hybridized carbons (Fsp3) is 0.429. The van der Waals surface area contributed by atoms with Crippen LogP contribution in [-0.4, -0.2) is 30.5 Å². The van der Waals surface area contributed by atoms with Gasteiger partial charge in [-0.05, 0) is 23.3 Å². The Morgan fingerprint density at radius 1 is 1.05 bits per heavy atom. The normalized spacial score (nSPS) is 17.0. The number of benzene rings is 1. The van der Waals surface area contributed by atoms with Crippen molar-refractivity contribution < 1.29 is 0 Å². The minimum Gasteiger partial charge on any atom is -0.140 e. The molecule has 0 radical (unpaired) electrons. The Balaban J connectivity index is 1.83. The topological polar surface area (TPSA) is 56.0 Å². The van der Waals surface area contributed by atoms with Gasteiger partial charge in [0.25, 0.3) is 0 Å². The number of thioether (sulfide) groups is 1. The zero-order valence-corrected chi connectivity index (χ0v) is 11.9. The van der Waals surface area contributed by atoms with Gasteiger partial charge in [0.2, 0.25) is 5.65 Å². The highest BCUT2D eigenvalue weighted by atomic mass is 32.2. The van der Waals surface area contributed by atoms with E-state index in [1.54, 1.807) is 4.63 Å². The first kappa shape index (κ1) is 12.1. The highest BCUT2D eigenvalue weighted by Gasteiger charge is 2.18. The number of fused-ring (bicyclic) bond motifs is 3. The summed E-state index contributed by atoms with van der Waals surface area (Å²) >= 11 is 1.88. The van der Waals surface area contributed by atoms with Gasteiger partial charge >= 0.3 is 0 Å². The maximum Gasteiger partial charge on any atom is 0.207 e. The first-order valence-electron chi connectivity index (χ1n) is 7.05. The van der Waals surface area contributed by atoms with Crippen molar-refractivity contribution >= 4 is 28.2 Å². The van der Waals surface area contributed by atoms with E-state index in [0.29, 0.717) is 5.25 Å². The zero-order chi connectivity index (χ0) is 13.4. The molecule has 5 nitrogen and oxygen atoms in total. The van der Waals surface area contributed by atoms with Gasteiger partial charge in [-0.2, -0.15) is 0 Å². The molecule has 0 amide bonds. The molecule has 1 saturated carbocycles. The minimum atomic E-state index is 0.675. The van der Waals surface area contributed by atoms with Crippen molar-refractivity contribution in [1.29, 1.82) is 0 Å². The number of rotatable bonds is 2. The Bertz CT molecular complexity index is 747. The number of nitrogens with zero attached hydrogens (tertiary/aromatic N) is 5. The van der Waals surface area contributed by atoms with Crippen LogP contribution >= 0.6 is 11.8 Å². The predicted molar refractivity (Wildman–Crippen MR) is 78.8 cm³/mol. The van der Waals surface area contributed by atoms with E-state index in [1.165, 1.54) is 32.1 Å². The molecule has 0 saturated heterocycles. The van der Waals surface area contributed by atoms with Crippen molar-refractivity contribution in [1.82, 2.24) is 25.3 Å². The van der Waals surface area contributed by atoms with Crippen LogP contribution in [0.5, 0.6) is 0 Å². The summed E-state index contributed by atoms with van der Waals surface area (Å²) in [5.41, 5.74) is 0.730. The molecular formula is C14H15N5S. The summed E-state index contributed by atoms with van der Waals surface area (Å²) in [6, 6.07) is 8.25. The van der Waals surface area contributed by atoms with Gasteiger partial charge < -0.3 is 0 Å². The van der Waals surface area contributed by atoms with Gasteiger partial charge in [-0.1, -0.05) is 43.5 Å². The van der Waals surface area contributed by atoms with Crippen LogP contribution in [0.1, 0.15) is 32.1 Å². The van der Waals surface area contributed by atoms with Crippen molar-refractivity contribution in [3.05, 3.63) is 24.3 Å². The van der Waals surface area contributed by atoms with E-state index in [1.807, 2.05) is 17.8 Å².